The normalized spacial score (nSPS) is 10.9. The Bertz CT molecular complexity index is 1270. The number of nitrogens with zero attached hydrogens (tertiary/aromatic N) is 3. The maximum Gasteiger partial charge on any atom is 0.373 e. The smallest absolute Gasteiger partial charge is 0.373 e. The number of ether oxygens (including phenoxy) is 1. The second-order valence-electron chi connectivity index (χ2n) is 7.34. The highest BCUT2D eigenvalue weighted by molar-refractivity contribution is 5.87. The third-order valence-electron chi connectivity index (χ3n) is 5.32. The summed E-state index contributed by atoms with van der Waals surface area (Å²) in [4.78, 5) is 23.7. The molecule has 1 aromatic carbocycles. The topological polar surface area (TPSA) is 105 Å². The van der Waals surface area contributed by atoms with E-state index < -0.39 is 5.97 Å². The molecule has 4 aromatic rings. The van der Waals surface area contributed by atoms with Crippen LogP contribution in [0.25, 0.3) is 22.3 Å². The summed E-state index contributed by atoms with van der Waals surface area (Å²) < 4.78 is 10.3. The SMILES string of the molecule is COC(=O)c1ccc(CCc2cc(-c3cnc[nH]3)nc3cc(C)c(CCC#N)cc23)o1. The van der Waals surface area contributed by atoms with Crippen molar-refractivity contribution in [3.8, 4) is 17.5 Å². The molecule has 156 valence electrons. The summed E-state index contributed by atoms with van der Waals surface area (Å²) in [6, 6.07) is 11.9. The van der Waals surface area contributed by atoms with E-state index in [0.29, 0.717) is 31.4 Å². The largest absolute Gasteiger partial charge is 0.463 e. The molecule has 0 fully saturated rings. The molecule has 0 saturated heterocycles. The Morgan fingerprint density at radius 3 is 2.81 bits per heavy atom. The number of hydrogen-bond donors (Lipinski definition) is 1. The highest BCUT2D eigenvalue weighted by atomic mass is 16.5. The van der Waals surface area contributed by atoms with Crippen molar-refractivity contribution in [2.75, 3.05) is 7.11 Å². The summed E-state index contributed by atoms with van der Waals surface area (Å²) >= 11 is 0. The van der Waals surface area contributed by atoms with Gasteiger partial charge in [-0.25, -0.2) is 14.8 Å². The first kappa shape index (κ1) is 20.4. The molecule has 0 spiro atoms. The first-order valence-corrected chi connectivity index (χ1v) is 10.0. The van der Waals surface area contributed by atoms with E-state index in [4.69, 9.17) is 19.4 Å². The Labute approximate surface area is 179 Å². The lowest BCUT2D eigenvalue weighted by molar-refractivity contribution is 0.0563. The number of rotatable bonds is 7. The van der Waals surface area contributed by atoms with Gasteiger partial charge in [0.25, 0.3) is 0 Å². The van der Waals surface area contributed by atoms with Crippen LogP contribution in [0.1, 0.15) is 39.4 Å². The summed E-state index contributed by atoms with van der Waals surface area (Å²) in [5.41, 5.74) is 5.95. The number of carbonyl (C=O) groups is 1. The molecule has 3 aromatic heterocycles. The third-order valence-corrected chi connectivity index (χ3v) is 5.32. The number of pyridine rings is 1. The molecule has 1 N–H and O–H groups in total. The van der Waals surface area contributed by atoms with Gasteiger partial charge in [-0.15, -0.1) is 0 Å². The fourth-order valence-corrected chi connectivity index (χ4v) is 3.67. The van der Waals surface area contributed by atoms with Crippen LogP contribution in [0.2, 0.25) is 0 Å². The van der Waals surface area contributed by atoms with Crippen LogP contribution in [-0.4, -0.2) is 28.0 Å². The number of imidazole rings is 1. The van der Waals surface area contributed by atoms with Gasteiger partial charge in [-0.1, -0.05) is 0 Å². The number of carbonyl (C=O) groups excluding carboxylic acids is 1. The van der Waals surface area contributed by atoms with Crippen molar-refractivity contribution in [1.82, 2.24) is 15.0 Å². The van der Waals surface area contributed by atoms with E-state index in [1.54, 1.807) is 24.7 Å². The molecule has 0 saturated carbocycles. The minimum absolute atomic E-state index is 0.199. The molecule has 0 radical (unpaired) electrons. The first-order valence-electron chi connectivity index (χ1n) is 10.0. The monoisotopic (exact) mass is 414 g/mol. The van der Waals surface area contributed by atoms with Gasteiger partial charge in [0.05, 0.1) is 42.6 Å². The quantitative estimate of drug-likeness (QED) is 0.445. The summed E-state index contributed by atoms with van der Waals surface area (Å²) in [6.45, 7) is 2.05. The van der Waals surface area contributed by atoms with Gasteiger partial charge in [0.15, 0.2) is 0 Å². The zero-order valence-electron chi connectivity index (χ0n) is 17.4. The first-order chi connectivity index (χ1) is 15.1. The van der Waals surface area contributed by atoms with Gasteiger partial charge in [-0.3, -0.25) is 0 Å². The maximum absolute atomic E-state index is 11.7. The highest BCUT2D eigenvalue weighted by Gasteiger charge is 2.14. The molecule has 0 atom stereocenters. The number of esters is 1. The van der Waals surface area contributed by atoms with Crippen molar-refractivity contribution in [2.24, 2.45) is 0 Å². The molecule has 0 aliphatic rings. The summed E-state index contributed by atoms with van der Waals surface area (Å²) in [6.07, 6.45) is 5.90. The van der Waals surface area contributed by atoms with E-state index in [2.05, 4.69) is 34.2 Å². The van der Waals surface area contributed by atoms with Crippen LogP contribution in [-0.2, 0) is 24.0 Å². The number of fused-ring (bicyclic) bond motifs is 1. The molecule has 0 unspecified atom stereocenters. The molecule has 7 nitrogen and oxygen atoms in total. The maximum atomic E-state index is 11.7. The van der Waals surface area contributed by atoms with Gasteiger partial charge >= 0.3 is 5.97 Å². The molecule has 7 heteroatoms. The number of nitriles is 1. The van der Waals surface area contributed by atoms with Gasteiger partial charge < -0.3 is 14.1 Å². The molecule has 4 rings (SSSR count). The van der Waals surface area contributed by atoms with Gasteiger partial charge in [0.2, 0.25) is 5.76 Å². The average molecular weight is 414 g/mol. The van der Waals surface area contributed by atoms with E-state index in [9.17, 15) is 4.79 Å². The Balaban J connectivity index is 1.72. The Morgan fingerprint density at radius 2 is 2.06 bits per heavy atom. The minimum Gasteiger partial charge on any atom is -0.463 e. The summed E-state index contributed by atoms with van der Waals surface area (Å²) in [7, 11) is 1.33. The van der Waals surface area contributed by atoms with Crippen molar-refractivity contribution < 1.29 is 13.9 Å². The van der Waals surface area contributed by atoms with Gasteiger partial charge in [0, 0.05) is 18.2 Å². The predicted octanol–water partition coefficient (Wildman–Crippen LogP) is 4.55. The van der Waals surface area contributed by atoms with E-state index in [-0.39, 0.29) is 5.76 Å². The van der Waals surface area contributed by atoms with Crippen molar-refractivity contribution >= 4 is 16.9 Å². The zero-order valence-corrected chi connectivity index (χ0v) is 17.4. The average Bonchev–Trinajstić information content (AvgIpc) is 3.47. The number of aryl methyl sites for hydroxylation is 4. The molecule has 0 bridgehead atoms. The molecule has 0 aliphatic carbocycles. The van der Waals surface area contributed by atoms with Gasteiger partial charge in [-0.05, 0) is 66.8 Å². The number of nitrogens with one attached hydrogen (secondary N) is 1. The van der Waals surface area contributed by atoms with Crippen molar-refractivity contribution in [3.63, 3.8) is 0 Å². The summed E-state index contributed by atoms with van der Waals surface area (Å²) in [5, 5.41) is 10.0. The van der Waals surface area contributed by atoms with Crippen LogP contribution >= 0.6 is 0 Å². The molecule has 3 heterocycles. The second-order valence-corrected chi connectivity index (χ2v) is 7.34. The van der Waals surface area contributed by atoms with Crippen molar-refractivity contribution in [1.29, 1.82) is 5.26 Å². The zero-order chi connectivity index (χ0) is 21.8. The molecular formula is C24H22N4O3. The lowest BCUT2D eigenvalue weighted by Gasteiger charge is -2.12. The molecule has 31 heavy (non-hydrogen) atoms. The Kier molecular flexibility index (Phi) is 5.80. The molecule has 0 aliphatic heterocycles. The van der Waals surface area contributed by atoms with Crippen LogP contribution in [0.15, 0.2) is 47.3 Å². The Hall–Kier alpha value is -3.92. The van der Waals surface area contributed by atoms with Gasteiger partial charge in [0.1, 0.15) is 5.76 Å². The van der Waals surface area contributed by atoms with Crippen LogP contribution < -0.4 is 0 Å². The lowest BCUT2D eigenvalue weighted by atomic mass is 9.96. The Morgan fingerprint density at radius 1 is 1.19 bits per heavy atom. The van der Waals surface area contributed by atoms with Crippen LogP contribution in [0.4, 0.5) is 0 Å². The van der Waals surface area contributed by atoms with Crippen LogP contribution in [0.5, 0.6) is 0 Å². The van der Waals surface area contributed by atoms with E-state index >= 15 is 0 Å². The van der Waals surface area contributed by atoms with Crippen molar-refractivity contribution in [2.45, 2.75) is 32.6 Å². The molecular weight excluding hydrogens is 392 g/mol. The third kappa shape index (κ3) is 4.33. The number of hydrogen-bond acceptors (Lipinski definition) is 6. The predicted molar refractivity (Wildman–Crippen MR) is 115 cm³/mol. The van der Waals surface area contributed by atoms with Gasteiger partial charge in [-0.2, -0.15) is 5.26 Å². The fourth-order valence-electron chi connectivity index (χ4n) is 3.67. The number of benzene rings is 1. The number of methoxy groups -OCH3 is 1. The minimum atomic E-state index is -0.486. The lowest BCUT2D eigenvalue weighted by Crippen LogP contribution is -1.99. The standard InChI is InChI=1S/C24H22N4O3/c1-15-10-20-19(11-16(15)4-3-9-25)17(12-21(28-20)22-13-26-14-27-22)5-6-18-7-8-23(31-18)24(29)30-2/h7-8,10-14H,3-6H2,1-2H3,(H,26,27). The molecule has 0 amide bonds. The van der Waals surface area contributed by atoms with E-state index in [0.717, 1.165) is 39.0 Å². The van der Waals surface area contributed by atoms with Crippen LogP contribution in [0.3, 0.4) is 0 Å². The van der Waals surface area contributed by atoms with Crippen molar-refractivity contribution in [3.05, 3.63) is 71.1 Å². The second kappa shape index (κ2) is 8.84. The van der Waals surface area contributed by atoms with Crippen LogP contribution in [0, 0.1) is 18.3 Å². The number of furan rings is 1. The number of H-pyrrole nitrogens is 1. The number of aromatic amines is 1. The fraction of sp³-hybridized carbons (Fsp3) is 0.250. The van der Waals surface area contributed by atoms with E-state index in [1.165, 1.54) is 7.11 Å². The number of aromatic nitrogens is 3. The van der Waals surface area contributed by atoms with E-state index in [1.807, 2.05) is 6.92 Å². The summed E-state index contributed by atoms with van der Waals surface area (Å²) in [5.74, 6) is 0.426. The highest BCUT2D eigenvalue weighted by Crippen LogP contribution is 2.28.